The lowest BCUT2D eigenvalue weighted by molar-refractivity contribution is 0.194. The van der Waals surface area contributed by atoms with Crippen LogP contribution in [-0.2, 0) is 6.54 Å². The van der Waals surface area contributed by atoms with Gasteiger partial charge in [0.1, 0.15) is 5.69 Å². The highest BCUT2D eigenvalue weighted by molar-refractivity contribution is 6.31. The molecule has 1 atom stereocenters. The molecule has 1 unspecified atom stereocenters. The van der Waals surface area contributed by atoms with Crippen molar-refractivity contribution < 1.29 is 5.11 Å². The summed E-state index contributed by atoms with van der Waals surface area (Å²) < 4.78 is 1.67. The van der Waals surface area contributed by atoms with Gasteiger partial charge in [-0.3, -0.25) is 0 Å². The number of hydrogen-bond acceptors (Lipinski definition) is 3. The number of aryl methyl sites for hydroxylation is 1. The third-order valence-electron chi connectivity index (χ3n) is 2.53. The Morgan fingerprint density at radius 2 is 2.24 bits per heavy atom. The Balaban J connectivity index is 2.19. The van der Waals surface area contributed by atoms with Gasteiger partial charge in [-0.1, -0.05) is 28.9 Å². The lowest BCUT2D eigenvalue weighted by Gasteiger charge is -2.04. The van der Waals surface area contributed by atoms with Gasteiger partial charge in [-0.25, -0.2) is 4.68 Å². The van der Waals surface area contributed by atoms with Crippen LogP contribution in [0.1, 0.15) is 29.8 Å². The average molecular weight is 252 g/mol. The summed E-state index contributed by atoms with van der Waals surface area (Å²) in [7, 11) is 0. The number of rotatable bonds is 3. The number of aromatic nitrogens is 3. The van der Waals surface area contributed by atoms with Gasteiger partial charge in [0.15, 0.2) is 0 Å². The standard InChI is InChI=1S/C12H14ClN3O/c1-8-3-4-10(11(13)5-8)6-16-7-12(9(2)17)14-15-16/h3-5,7,9,17H,6H2,1-2H3. The Labute approximate surface area is 105 Å². The van der Waals surface area contributed by atoms with Crippen LogP contribution in [0.2, 0.25) is 5.02 Å². The van der Waals surface area contributed by atoms with Gasteiger partial charge < -0.3 is 5.11 Å². The Hall–Kier alpha value is -1.39. The Bertz CT molecular complexity index is 522. The molecular weight excluding hydrogens is 238 g/mol. The number of nitrogens with zero attached hydrogens (tertiary/aromatic N) is 3. The van der Waals surface area contributed by atoms with E-state index in [1.807, 2.05) is 25.1 Å². The zero-order chi connectivity index (χ0) is 12.4. The number of aliphatic hydroxyl groups excluding tert-OH is 1. The SMILES string of the molecule is Cc1ccc(Cn2cc(C(C)O)nn2)c(Cl)c1. The molecule has 0 spiro atoms. The molecule has 0 saturated heterocycles. The molecule has 0 saturated carbocycles. The lowest BCUT2D eigenvalue weighted by Crippen LogP contribution is -2.01. The minimum absolute atomic E-state index is 0.554. The minimum atomic E-state index is -0.600. The zero-order valence-corrected chi connectivity index (χ0v) is 10.5. The topological polar surface area (TPSA) is 50.9 Å². The van der Waals surface area contributed by atoms with Gasteiger partial charge in [0.25, 0.3) is 0 Å². The van der Waals surface area contributed by atoms with Crippen molar-refractivity contribution in [3.05, 3.63) is 46.2 Å². The van der Waals surface area contributed by atoms with Gasteiger partial charge in [-0.05, 0) is 31.0 Å². The first-order valence-corrected chi connectivity index (χ1v) is 5.77. The largest absolute Gasteiger partial charge is 0.387 e. The molecule has 90 valence electrons. The van der Waals surface area contributed by atoms with Crippen LogP contribution < -0.4 is 0 Å². The fourth-order valence-electron chi connectivity index (χ4n) is 1.54. The van der Waals surface area contributed by atoms with Gasteiger partial charge in [0.2, 0.25) is 0 Å². The number of aliphatic hydroxyl groups is 1. The first-order valence-electron chi connectivity index (χ1n) is 5.39. The monoisotopic (exact) mass is 251 g/mol. The predicted molar refractivity (Wildman–Crippen MR) is 65.9 cm³/mol. The van der Waals surface area contributed by atoms with E-state index in [2.05, 4.69) is 10.3 Å². The molecule has 0 fully saturated rings. The third kappa shape index (κ3) is 2.84. The number of hydrogen-bond donors (Lipinski definition) is 1. The smallest absolute Gasteiger partial charge is 0.111 e. The molecule has 0 aliphatic carbocycles. The Morgan fingerprint density at radius 1 is 1.47 bits per heavy atom. The summed E-state index contributed by atoms with van der Waals surface area (Å²) in [6.07, 6.45) is 1.12. The van der Waals surface area contributed by atoms with Crippen LogP contribution in [0.25, 0.3) is 0 Å². The van der Waals surface area contributed by atoms with Crippen LogP contribution in [0.4, 0.5) is 0 Å². The van der Waals surface area contributed by atoms with Crippen molar-refractivity contribution in [2.45, 2.75) is 26.5 Å². The normalized spacial score (nSPS) is 12.7. The first-order chi connectivity index (χ1) is 8.06. The maximum absolute atomic E-state index is 9.35. The molecule has 0 radical (unpaired) electrons. The van der Waals surface area contributed by atoms with Crippen molar-refractivity contribution in [3.63, 3.8) is 0 Å². The molecule has 1 heterocycles. The summed E-state index contributed by atoms with van der Waals surface area (Å²) >= 11 is 6.14. The van der Waals surface area contributed by atoms with E-state index < -0.39 is 6.10 Å². The van der Waals surface area contributed by atoms with E-state index in [1.54, 1.807) is 17.8 Å². The van der Waals surface area contributed by atoms with Crippen molar-refractivity contribution in [2.75, 3.05) is 0 Å². The summed E-state index contributed by atoms with van der Waals surface area (Å²) in [5, 5.41) is 17.9. The number of benzene rings is 1. The van der Waals surface area contributed by atoms with Crippen molar-refractivity contribution in [1.29, 1.82) is 0 Å². The molecule has 1 aromatic carbocycles. The van der Waals surface area contributed by atoms with E-state index >= 15 is 0 Å². The van der Waals surface area contributed by atoms with E-state index in [-0.39, 0.29) is 0 Å². The van der Waals surface area contributed by atoms with Crippen LogP contribution in [-0.4, -0.2) is 20.1 Å². The molecule has 0 aliphatic heterocycles. The molecule has 2 aromatic rings. The Morgan fingerprint density at radius 3 is 2.82 bits per heavy atom. The summed E-state index contributed by atoms with van der Waals surface area (Å²) in [6, 6.07) is 5.90. The Kier molecular flexibility index (Phi) is 3.45. The van der Waals surface area contributed by atoms with Gasteiger partial charge in [0.05, 0.1) is 18.8 Å². The van der Waals surface area contributed by atoms with E-state index in [1.165, 1.54) is 0 Å². The van der Waals surface area contributed by atoms with Crippen LogP contribution in [0.15, 0.2) is 24.4 Å². The highest BCUT2D eigenvalue weighted by atomic mass is 35.5. The second kappa shape index (κ2) is 4.85. The van der Waals surface area contributed by atoms with E-state index in [0.717, 1.165) is 16.1 Å². The maximum Gasteiger partial charge on any atom is 0.111 e. The lowest BCUT2D eigenvalue weighted by atomic mass is 10.1. The van der Waals surface area contributed by atoms with Crippen molar-refractivity contribution in [3.8, 4) is 0 Å². The average Bonchev–Trinajstić information content (AvgIpc) is 2.71. The summed E-state index contributed by atoms with van der Waals surface area (Å²) in [6.45, 7) is 4.21. The predicted octanol–water partition coefficient (Wildman–Crippen LogP) is 2.34. The second-order valence-electron chi connectivity index (χ2n) is 4.11. The van der Waals surface area contributed by atoms with Crippen molar-refractivity contribution in [2.24, 2.45) is 0 Å². The zero-order valence-electron chi connectivity index (χ0n) is 9.76. The molecule has 1 N–H and O–H groups in total. The van der Waals surface area contributed by atoms with Crippen molar-refractivity contribution >= 4 is 11.6 Å². The molecule has 4 nitrogen and oxygen atoms in total. The highest BCUT2D eigenvalue weighted by Crippen LogP contribution is 2.18. The molecule has 0 amide bonds. The summed E-state index contributed by atoms with van der Waals surface area (Å²) in [4.78, 5) is 0. The quantitative estimate of drug-likeness (QED) is 0.911. The molecule has 1 aromatic heterocycles. The van der Waals surface area contributed by atoms with Crippen LogP contribution in [0, 0.1) is 6.92 Å². The first kappa shape index (κ1) is 12.1. The second-order valence-corrected chi connectivity index (χ2v) is 4.52. The molecule has 0 aliphatic rings. The summed E-state index contributed by atoms with van der Waals surface area (Å²) in [5.74, 6) is 0. The molecular formula is C12H14ClN3O. The van der Waals surface area contributed by atoms with E-state index in [0.29, 0.717) is 12.2 Å². The van der Waals surface area contributed by atoms with Gasteiger partial charge in [-0.2, -0.15) is 0 Å². The fraction of sp³-hybridized carbons (Fsp3) is 0.333. The molecule has 0 bridgehead atoms. The molecule has 17 heavy (non-hydrogen) atoms. The van der Waals surface area contributed by atoms with Gasteiger partial charge >= 0.3 is 0 Å². The van der Waals surface area contributed by atoms with Gasteiger partial charge in [-0.15, -0.1) is 5.10 Å². The fourth-order valence-corrected chi connectivity index (χ4v) is 1.83. The minimum Gasteiger partial charge on any atom is -0.387 e. The summed E-state index contributed by atoms with van der Waals surface area (Å²) in [5.41, 5.74) is 2.68. The van der Waals surface area contributed by atoms with Crippen LogP contribution in [0.5, 0.6) is 0 Å². The maximum atomic E-state index is 9.35. The third-order valence-corrected chi connectivity index (χ3v) is 2.88. The number of halogens is 1. The van der Waals surface area contributed by atoms with Crippen LogP contribution in [0.3, 0.4) is 0 Å². The van der Waals surface area contributed by atoms with Crippen LogP contribution >= 0.6 is 11.6 Å². The molecule has 2 rings (SSSR count). The van der Waals surface area contributed by atoms with Gasteiger partial charge in [0, 0.05) is 5.02 Å². The van der Waals surface area contributed by atoms with E-state index in [4.69, 9.17) is 11.6 Å². The van der Waals surface area contributed by atoms with E-state index in [9.17, 15) is 5.11 Å². The highest BCUT2D eigenvalue weighted by Gasteiger charge is 2.08. The molecule has 5 heteroatoms. The van der Waals surface area contributed by atoms with Crippen molar-refractivity contribution in [1.82, 2.24) is 15.0 Å².